The third-order valence-corrected chi connectivity index (χ3v) is 4.06. The maximum Gasteiger partial charge on any atom is 0.278 e. The van der Waals surface area contributed by atoms with Crippen molar-refractivity contribution in [1.29, 1.82) is 0 Å². The number of nitrogens with zero attached hydrogens (tertiary/aromatic N) is 3. The highest BCUT2D eigenvalue weighted by atomic mass is 16.2. The van der Waals surface area contributed by atoms with E-state index in [2.05, 4.69) is 27.4 Å². The second kappa shape index (κ2) is 8.76. The largest absolute Gasteiger partial charge is 0.368 e. The number of anilines is 2. The van der Waals surface area contributed by atoms with Crippen molar-refractivity contribution in [3.05, 3.63) is 84.3 Å². The molecule has 0 aliphatic heterocycles. The van der Waals surface area contributed by atoms with Gasteiger partial charge in [0.05, 0.1) is 12.4 Å². The molecule has 1 aromatic heterocycles. The van der Waals surface area contributed by atoms with Crippen molar-refractivity contribution in [2.45, 2.75) is 13.3 Å². The lowest BCUT2D eigenvalue weighted by Crippen LogP contribution is -2.31. The van der Waals surface area contributed by atoms with Crippen LogP contribution in [-0.2, 0) is 6.42 Å². The number of benzene rings is 2. The molecule has 0 unspecified atom stereocenters. The van der Waals surface area contributed by atoms with E-state index in [-0.39, 0.29) is 5.91 Å². The Kier molecular flexibility index (Phi) is 5.93. The molecule has 26 heavy (non-hydrogen) atoms. The van der Waals surface area contributed by atoms with Crippen molar-refractivity contribution in [1.82, 2.24) is 9.97 Å². The highest BCUT2D eigenvalue weighted by Gasteiger charge is 2.17. The minimum absolute atomic E-state index is 0.151. The fourth-order valence-electron chi connectivity index (χ4n) is 2.70. The summed E-state index contributed by atoms with van der Waals surface area (Å²) in [5, 5.41) is 3.24. The molecule has 5 nitrogen and oxygen atoms in total. The lowest BCUT2D eigenvalue weighted by atomic mass is 10.1. The summed E-state index contributed by atoms with van der Waals surface area (Å²) in [7, 11) is 0. The number of hydrogen-bond donors (Lipinski definition) is 1. The van der Waals surface area contributed by atoms with Crippen LogP contribution < -0.4 is 10.2 Å². The molecule has 0 radical (unpaired) electrons. The lowest BCUT2D eigenvalue weighted by Gasteiger charge is -2.20. The molecule has 0 spiro atoms. The summed E-state index contributed by atoms with van der Waals surface area (Å²) in [6, 6.07) is 19.8. The molecule has 2 aromatic carbocycles. The number of rotatable bonds is 7. The van der Waals surface area contributed by atoms with Gasteiger partial charge in [0.25, 0.3) is 5.91 Å². The fourth-order valence-corrected chi connectivity index (χ4v) is 2.70. The normalized spacial score (nSPS) is 10.3. The van der Waals surface area contributed by atoms with E-state index >= 15 is 0 Å². The zero-order valence-corrected chi connectivity index (χ0v) is 14.8. The minimum Gasteiger partial charge on any atom is -0.368 e. The van der Waals surface area contributed by atoms with Gasteiger partial charge in [-0.2, -0.15) is 0 Å². The summed E-state index contributed by atoms with van der Waals surface area (Å²) >= 11 is 0. The average Bonchev–Trinajstić information content (AvgIpc) is 2.71. The van der Waals surface area contributed by atoms with Crippen molar-refractivity contribution in [3.63, 3.8) is 0 Å². The van der Waals surface area contributed by atoms with Gasteiger partial charge in [0.1, 0.15) is 11.5 Å². The third-order valence-electron chi connectivity index (χ3n) is 4.06. The van der Waals surface area contributed by atoms with Gasteiger partial charge in [-0.05, 0) is 31.0 Å². The van der Waals surface area contributed by atoms with Crippen LogP contribution in [0, 0.1) is 0 Å². The van der Waals surface area contributed by atoms with E-state index in [9.17, 15) is 4.79 Å². The first-order chi connectivity index (χ1) is 12.8. The van der Waals surface area contributed by atoms with Crippen LogP contribution in [0.5, 0.6) is 0 Å². The lowest BCUT2D eigenvalue weighted by molar-refractivity contribution is 0.0983. The standard InChI is InChI=1S/C21H22N4O/c1-2-25(18-11-7-4-8-12-18)21(26)19-15-24-20(16-23-19)22-14-13-17-9-5-3-6-10-17/h3-12,15-16H,2,13-14H2,1H3,(H,22,24). The Bertz CT molecular complexity index is 820. The minimum atomic E-state index is -0.151. The molecule has 3 rings (SSSR count). The molecule has 0 bridgehead atoms. The van der Waals surface area contributed by atoms with Crippen LogP contribution in [0.25, 0.3) is 0 Å². The molecule has 1 N–H and O–H groups in total. The van der Waals surface area contributed by atoms with E-state index in [1.807, 2.05) is 55.5 Å². The van der Waals surface area contributed by atoms with Crippen LogP contribution in [-0.4, -0.2) is 29.0 Å². The molecular weight excluding hydrogens is 324 g/mol. The van der Waals surface area contributed by atoms with Gasteiger partial charge in [-0.1, -0.05) is 48.5 Å². The van der Waals surface area contributed by atoms with Gasteiger partial charge < -0.3 is 10.2 Å². The Morgan fingerprint density at radius 2 is 1.65 bits per heavy atom. The molecule has 0 aliphatic rings. The van der Waals surface area contributed by atoms with Gasteiger partial charge in [0.2, 0.25) is 0 Å². The molecule has 0 saturated carbocycles. The first-order valence-electron chi connectivity index (χ1n) is 8.74. The number of carbonyl (C=O) groups is 1. The second-order valence-corrected chi connectivity index (χ2v) is 5.83. The van der Waals surface area contributed by atoms with Gasteiger partial charge >= 0.3 is 0 Å². The van der Waals surface area contributed by atoms with Gasteiger partial charge in [0, 0.05) is 18.8 Å². The highest BCUT2D eigenvalue weighted by molar-refractivity contribution is 6.04. The molecule has 0 fully saturated rings. The van der Waals surface area contributed by atoms with Gasteiger partial charge in [-0.25, -0.2) is 9.97 Å². The van der Waals surface area contributed by atoms with Gasteiger partial charge in [-0.15, -0.1) is 0 Å². The SMILES string of the molecule is CCN(C(=O)c1cnc(NCCc2ccccc2)cn1)c1ccccc1. The number of aromatic nitrogens is 2. The van der Waals surface area contributed by atoms with E-state index in [1.54, 1.807) is 11.1 Å². The number of amides is 1. The first kappa shape index (κ1) is 17.6. The number of hydrogen-bond acceptors (Lipinski definition) is 4. The Balaban J connectivity index is 1.60. The summed E-state index contributed by atoms with van der Waals surface area (Å²) in [5.74, 6) is 0.516. The first-order valence-corrected chi connectivity index (χ1v) is 8.74. The van der Waals surface area contributed by atoms with Crippen molar-refractivity contribution in [2.75, 3.05) is 23.3 Å². The number of nitrogens with one attached hydrogen (secondary N) is 1. The van der Waals surface area contributed by atoms with Crippen LogP contribution in [0.3, 0.4) is 0 Å². The van der Waals surface area contributed by atoms with Gasteiger partial charge in [0.15, 0.2) is 0 Å². The van der Waals surface area contributed by atoms with E-state index in [0.29, 0.717) is 18.1 Å². The molecule has 132 valence electrons. The predicted octanol–water partition coefficient (Wildman–Crippen LogP) is 3.80. The van der Waals surface area contributed by atoms with Crippen LogP contribution >= 0.6 is 0 Å². The van der Waals surface area contributed by atoms with E-state index < -0.39 is 0 Å². The molecule has 0 atom stereocenters. The topological polar surface area (TPSA) is 58.1 Å². The quantitative estimate of drug-likeness (QED) is 0.707. The Labute approximate surface area is 153 Å². The smallest absolute Gasteiger partial charge is 0.278 e. The van der Waals surface area contributed by atoms with Crippen LogP contribution in [0.4, 0.5) is 11.5 Å². The number of para-hydroxylation sites is 1. The monoisotopic (exact) mass is 346 g/mol. The summed E-state index contributed by atoms with van der Waals surface area (Å²) in [6.07, 6.45) is 4.04. The summed E-state index contributed by atoms with van der Waals surface area (Å²) in [6.45, 7) is 3.27. The van der Waals surface area contributed by atoms with E-state index in [0.717, 1.165) is 18.7 Å². The maximum atomic E-state index is 12.7. The van der Waals surface area contributed by atoms with E-state index in [1.165, 1.54) is 11.8 Å². The molecule has 0 saturated heterocycles. The Hall–Kier alpha value is -3.21. The summed E-state index contributed by atoms with van der Waals surface area (Å²) in [5.41, 5.74) is 2.46. The molecular formula is C21H22N4O. The van der Waals surface area contributed by atoms with Crippen LogP contribution in [0.1, 0.15) is 23.0 Å². The Morgan fingerprint density at radius 1 is 0.962 bits per heavy atom. The Morgan fingerprint density at radius 3 is 2.27 bits per heavy atom. The fraction of sp³-hybridized carbons (Fsp3) is 0.190. The zero-order chi connectivity index (χ0) is 18.2. The van der Waals surface area contributed by atoms with Crippen LogP contribution in [0.2, 0.25) is 0 Å². The van der Waals surface area contributed by atoms with Crippen molar-refractivity contribution >= 4 is 17.4 Å². The molecule has 1 amide bonds. The average molecular weight is 346 g/mol. The molecule has 3 aromatic rings. The maximum absolute atomic E-state index is 12.7. The summed E-state index contributed by atoms with van der Waals surface area (Å²) in [4.78, 5) is 23.0. The van der Waals surface area contributed by atoms with Crippen molar-refractivity contribution in [2.24, 2.45) is 0 Å². The molecule has 5 heteroatoms. The third kappa shape index (κ3) is 4.45. The molecule has 0 aliphatic carbocycles. The molecule has 1 heterocycles. The van der Waals surface area contributed by atoms with Gasteiger partial charge in [-0.3, -0.25) is 4.79 Å². The zero-order valence-electron chi connectivity index (χ0n) is 14.8. The van der Waals surface area contributed by atoms with Crippen molar-refractivity contribution in [3.8, 4) is 0 Å². The predicted molar refractivity (Wildman–Crippen MR) is 104 cm³/mol. The second-order valence-electron chi connectivity index (χ2n) is 5.83. The van der Waals surface area contributed by atoms with Crippen molar-refractivity contribution < 1.29 is 4.79 Å². The number of carbonyl (C=O) groups excluding carboxylic acids is 1. The summed E-state index contributed by atoms with van der Waals surface area (Å²) < 4.78 is 0. The van der Waals surface area contributed by atoms with E-state index in [4.69, 9.17) is 0 Å². The van der Waals surface area contributed by atoms with Crippen LogP contribution in [0.15, 0.2) is 73.1 Å². The highest BCUT2D eigenvalue weighted by Crippen LogP contribution is 2.15.